The standard InChI is InChI=1S/C29H41N7O6/c1-16(37)34-19(5-4-11-33-27(30)31)26(39)32-12-14-36(3)28(40)41-22-9-6-17-15-20-18-7-8-21(38)25-29(18,10-13-35(20)2)23(17)24(22)42-25/h6-9,18-21,25,38H,4-5,10-15H2,1-3H3,(H,32,39)(H,34,37)(H4,30,31,33)/t18-,19-,20+,21-,25-,29-/m0/s1. The van der Waals surface area contributed by atoms with E-state index in [-0.39, 0.29) is 42.2 Å². The lowest BCUT2D eigenvalue weighted by Gasteiger charge is -2.56. The smallest absolute Gasteiger partial charge is 0.415 e. The summed E-state index contributed by atoms with van der Waals surface area (Å²) in [6.07, 6.45) is 4.79. The zero-order valence-corrected chi connectivity index (χ0v) is 24.3. The van der Waals surface area contributed by atoms with Gasteiger partial charge in [0.1, 0.15) is 18.2 Å². The third-order valence-electron chi connectivity index (χ3n) is 9.07. The van der Waals surface area contributed by atoms with Crippen molar-refractivity contribution in [1.29, 1.82) is 5.41 Å². The zero-order valence-electron chi connectivity index (χ0n) is 24.3. The van der Waals surface area contributed by atoms with Crippen LogP contribution < -0.4 is 31.2 Å². The van der Waals surface area contributed by atoms with E-state index in [4.69, 9.17) is 20.6 Å². The van der Waals surface area contributed by atoms with E-state index in [9.17, 15) is 19.5 Å². The lowest BCUT2D eigenvalue weighted by atomic mass is 9.53. The summed E-state index contributed by atoms with van der Waals surface area (Å²) < 4.78 is 12.2. The number of piperidine rings is 1. The molecule has 1 fully saturated rings. The highest BCUT2D eigenvalue weighted by atomic mass is 16.6. The summed E-state index contributed by atoms with van der Waals surface area (Å²) in [5.74, 6) is 0.217. The second-order valence-electron chi connectivity index (χ2n) is 11.7. The minimum absolute atomic E-state index is 0.152. The van der Waals surface area contributed by atoms with Crippen LogP contribution >= 0.6 is 0 Å². The predicted octanol–water partition coefficient (Wildman–Crippen LogP) is -0.193. The van der Waals surface area contributed by atoms with Gasteiger partial charge in [-0.1, -0.05) is 18.2 Å². The number of carbonyl (C=O) groups excluding carboxylic acids is 3. The van der Waals surface area contributed by atoms with Crippen molar-refractivity contribution in [1.82, 2.24) is 25.8 Å². The monoisotopic (exact) mass is 583 g/mol. The van der Waals surface area contributed by atoms with Crippen molar-refractivity contribution < 1.29 is 29.0 Å². The number of nitrogens with zero attached hydrogens (tertiary/aromatic N) is 2. The number of nitrogens with two attached hydrogens (primary N) is 1. The Kier molecular flexibility index (Phi) is 8.33. The number of guanidine groups is 1. The Labute approximate surface area is 245 Å². The van der Waals surface area contributed by atoms with E-state index in [1.54, 1.807) is 13.1 Å². The maximum absolute atomic E-state index is 13.1. The van der Waals surface area contributed by atoms with Crippen molar-refractivity contribution in [2.75, 3.05) is 40.3 Å². The van der Waals surface area contributed by atoms with Crippen LogP contribution in [-0.2, 0) is 21.4 Å². The molecule has 2 heterocycles. The second-order valence-corrected chi connectivity index (χ2v) is 11.7. The number of rotatable bonds is 10. The van der Waals surface area contributed by atoms with Gasteiger partial charge in [-0.3, -0.25) is 15.0 Å². The van der Waals surface area contributed by atoms with Crippen molar-refractivity contribution in [3.63, 3.8) is 0 Å². The average Bonchev–Trinajstić information content (AvgIpc) is 3.30. The quantitative estimate of drug-likeness (QED) is 0.0941. The number of aliphatic hydroxyl groups excluding tert-OH is 1. The SMILES string of the molecule is CC(=O)N[C@@H](CCCNC(=N)N)C(=O)NCCN(C)C(=O)Oc1ccc2c3c1O[C@H]1[C@@H](O)C=C[C@H]4[C@@H](C2)N(C)CC[C@@]341. The maximum atomic E-state index is 13.1. The summed E-state index contributed by atoms with van der Waals surface area (Å²) in [6.45, 7) is 2.97. The van der Waals surface area contributed by atoms with Gasteiger partial charge in [-0.25, -0.2) is 4.79 Å². The molecule has 2 aliphatic carbocycles. The van der Waals surface area contributed by atoms with Crippen LogP contribution in [0.15, 0.2) is 24.3 Å². The molecule has 2 aliphatic heterocycles. The molecular formula is C29H41N7O6. The summed E-state index contributed by atoms with van der Waals surface area (Å²) in [4.78, 5) is 41.1. The van der Waals surface area contributed by atoms with E-state index in [1.165, 1.54) is 17.4 Å². The lowest BCUT2D eigenvalue weighted by Crippen LogP contribution is -2.64. The Hall–Kier alpha value is -3.84. The van der Waals surface area contributed by atoms with Gasteiger partial charge in [-0.15, -0.1) is 0 Å². The van der Waals surface area contributed by atoms with Crippen molar-refractivity contribution >= 4 is 23.9 Å². The van der Waals surface area contributed by atoms with Crippen molar-refractivity contribution in [2.45, 2.75) is 62.3 Å². The number of ether oxygens (including phenoxy) is 2. The molecule has 1 spiro atoms. The topological polar surface area (TPSA) is 182 Å². The van der Waals surface area contributed by atoms with Crippen LogP contribution in [0.2, 0.25) is 0 Å². The summed E-state index contributed by atoms with van der Waals surface area (Å²) in [7, 11) is 3.73. The van der Waals surface area contributed by atoms with E-state index in [1.807, 2.05) is 12.1 Å². The molecule has 1 saturated heterocycles. The number of aliphatic hydroxyl groups is 1. The summed E-state index contributed by atoms with van der Waals surface area (Å²) >= 11 is 0. The summed E-state index contributed by atoms with van der Waals surface area (Å²) in [5.41, 5.74) is 7.16. The minimum atomic E-state index is -0.749. The Morgan fingerprint density at radius 3 is 2.81 bits per heavy atom. The number of likely N-dealkylation sites (tertiary alicyclic amines) is 1. The van der Waals surface area contributed by atoms with E-state index in [2.05, 4.69) is 34.0 Å². The fraction of sp³-hybridized carbons (Fsp3) is 0.586. The Balaban J connectivity index is 1.21. The molecule has 0 radical (unpaired) electrons. The number of hydrogen-bond donors (Lipinski definition) is 6. The normalized spacial score (nSPS) is 27.2. The summed E-state index contributed by atoms with van der Waals surface area (Å²) in [5, 5.41) is 26.2. The highest BCUT2D eigenvalue weighted by Crippen LogP contribution is 2.62. The molecule has 7 N–H and O–H groups in total. The summed E-state index contributed by atoms with van der Waals surface area (Å²) in [6, 6.07) is 3.35. The molecule has 2 bridgehead atoms. The molecule has 0 unspecified atom stereocenters. The van der Waals surface area contributed by atoms with Gasteiger partial charge < -0.3 is 46.1 Å². The number of benzene rings is 1. The first-order chi connectivity index (χ1) is 20.0. The highest BCUT2D eigenvalue weighted by Gasteiger charge is 2.64. The molecule has 6 atom stereocenters. The number of likely N-dealkylation sites (N-methyl/N-ethyl adjacent to an activating group) is 2. The maximum Gasteiger partial charge on any atom is 0.415 e. The van der Waals surface area contributed by atoms with E-state index in [0.717, 1.165) is 24.9 Å². The number of nitrogens with one attached hydrogen (secondary N) is 4. The third kappa shape index (κ3) is 5.38. The first-order valence-electron chi connectivity index (χ1n) is 14.5. The van der Waals surface area contributed by atoms with Gasteiger partial charge in [-0.2, -0.15) is 0 Å². The Bertz CT molecular complexity index is 1290. The second kappa shape index (κ2) is 11.8. The molecule has 13 heteroatoms. The first-order valence-corrected chi connectivity index (χ1v) is 14.5. The molecule has 1 aromatic rings. The van der Waals surface area contributed by atoms with Crippen LogP contribution in [0.4, 0.5) is 4.79 Å². The van der Waals surface area contributed by atoms with E-state index >= 15 is 0 Å². The lowest BCUT2D eigenvalue weighted by molar-refractivity contribution is -0.128. The Morgan fingerprint density at radius 1 is 1.29 bits per heavy atom. The van der Waals surface area contributed by atoms with Gasteiger partial charge in [0.25, 0.3) is 0 Å². The predicted molar refractivity (Wildman–Crippen MR) is 154 cm³/mol. The molecule has 1 aromatic carbocycles. The van der Waals surface area contributed by atoms with Crippen LogP contribution in [0.25, 0.3) is 0 Å². The minimum Gasteiger partial charge on any atom is -0.482 e. The van der Waals surface area contributed by atoms with Crippen molar-refractivity contribution in [3.8, 4) is 11.5 Å². The highest BCUT2D eigenvalue weighted by molar-refractivity contribution is 5.86. The number of amides is 3. The molecule has 0 aromatic heterocycles. The van der Waals surface area contributed by atoms with Crippen LogP contribution in [0, 0.1) is 11.3 Å². The largest absolute Gasteiger partial charge is 0.482 e. The third-order valence-corrected chi connectivity index (χ3v) is 9.07. The Morgan fingerprint density at radius 2 is 2.07 bits per heavy atom. The fourth-order valence-electron chi connectivity index (χ4n) is 7.09. The van der Waals surface area contributed by atoms with E-state index < -0.39 is 24.3 Å². The van der Waals surface area contributed by atoms with Gasteiger partial charge in [0.15, 0.2) is 17.5 Å². The van der Waals surface area contributed by atoms with Crippen molar-refractivity contribution in [2.24, 2.45) is 11.7 Å². The average molecular weight is 584 g/mol. The van der Waals surface area contributed by atoms with Gasteiger partial charge in [0.05, 0.1) is 0 Å². The van der Waals surface area contributed by atoms with Gasteiger partial charge >= 0.3 is 6.09 Å². The van der Waals surface area contributed by atoms with Gasteiger partial charge in [0, 0.05) is 56.5 Å². The van der Waals surface area contributed by atoms with Crippen LogP contribution in [0.1, 0.15) is 37.3 Å². The van der Waals surface area contributed by atoms with E-state index in [0.29, 0.717) is 36.9 Å². The number of carbonyl (C=O) groups is 3. The zero-order chi connectivity index (χ0) is 30.2. The fourth-order valence-corrected chi connectivity index (χ4v) is 7.09. The molecule has 5 rings (SSSR count). The number of hydrogen-bond acceptors (Lipinski definition) is 8. The molecule has 42 heavy (non-hydrogen) atoms. The molecule has 4 aliphatic rings. The van der Waals surface area contributed by atoms with Crippen LogP contribution in [0.3, 0.4) is 0 Å². The van der Waals surface area contributed by atoms with Gasteiger partial charge in [0.2, 0.25) is 11.8 Å². The van der Waals surface area contributed by atoms with Crippen LogP contribution in [0.5, 0.6) is 11.5 Å². The van der Waals surface area contributed by atoms with Crippen LogP contribution in [-0.4, -0.2) is 103 Å². The van der Waals surface area contributed by atoms with Crippen molar-refractivity contribution in [3.05, 3.63) is 35.4 Å². The molecule has 0 saturated carbocycles. The van der Waals surface area contributed by atoms with Gasteiger partial charge in [-0.05, 0) is 50.9 Å². The first kappa shape index (κ1) is 29.6. The molecule has 13 nitrogen and oxygen atoms in total. The molecule has 228 valence electrons. The molecular weight excluding hydrogens is 542 g/mol. The molecule has 3 amide bonds.